The molecule has 2 nitrogen and oxygen atoms in total. The van der Waals surface area contributed by atoms with Crippen molar-refractivity contribution in [2.45, 2.75) is 51.5 Å². The molecule has 0 radical (unpaired) electrons. The van der Waals surface area contributed by atoms with E-state index in [0.29, 0.717) is 0 Å². The lowest BCUT2D eigenvalue weighted by molar-refractivity contribution is 0.644. The van der Waals surface area contributed by atoms with E-state index < -0.39 is 0 Å². The first-order chi connectivity index (χ1) is 10.2. The fourth-order valence-electron chi connectivity index (χ4n) is 2.83. The van der Waals surface area contributed by atoms with E-state index in [4.69, 9.17) is 5.73 Å². The van der Waals surface area contributed by atoms with E-state index in [0.717, 1.165) is 24.7 Å². The molecule has 2 fully saturated rings. The fourth-order valence-corrected chi connectivity index (χ4v) is 3.36. The van der Waals surface area contributed by atoms with E-state index >= 15 is 0 Å². The van der Waals surface area contributed by atoms with Crippen molar-refractivity contribution >= 4 is 21.6 Å². The van der Waals surface area contributed by atoms with Crippen LogP contribution in [0.25, 0.3) is 0 Å². The number of benzene rings is 1. The van der Waals surface area contributed by atoms with Crippen LogP contribution in [0.5, 0.6) is 0 Å². The minimum absolute atomic E-state index is 0.265. The van der Waals surface area contributed by atoms with Gasteiger partial charge in [0, 0.05) is 29.3 Å². The first-order valence-electron chi connectivity index (χ1n) is 8.44. The Labute approximate surface area is 137 Å². The monoisotopic (exact) mass is 350 g/mol. The Kier molecular flexibility index (Phi) is 4.90. The zero-order chi connectivity index (χ0) is 14.8. The lowest BCUT2D eigenvalue weighted by atomic mass is 10.0. The largest absolute Gasteiger partial charge is 0.371 e. The summed E-state index contributed by atoms with van der Waals surface area (Å²) in [5, 5.41) is 0. The molecule has 0 heterocycles. The molecule has 0 amide bonds. The van der Waals surface area contributed by atoms with Crippen LogP contribution in [0.1, 0.15) is 44.6 Å². The van der Waals surface area contributed by atoms with Crippen LogP contribution < -0.4 is 10.6 Å². The Bertz CT molecular complexity index is 466. The predicted octanol–water partition coefficient (Wildman–Crippen LogP) is 4.36. The fraction of sp³-hybridized carbons (Fsp3) is 0.667. The molecule has 0 aliphatic heterocycles. The lowest BCUT2D eigenvalue weighted by Crippen LogP contribution is -2.28. The van der Waals surface area contributed by atoms with Crippen molar-refractivity contribution in [2.75, 3.05) is 18.0 Å². The minimum atomic E-state index is 0.265. The molecule has 2 saturated carbocycles. The highest BCUT2D eigenvalue weighted by Crippen LogP contribution is 2.36. The topological polar surface area (TPSA) is 29.3 Å². The normalized spacial score (nSPS) is 19.6. The molecule has 1 atom stereocenters. The highest BCUT2D eigenvalue weighted by molar-refractivity contribution is 9.10. The van der Waals surface area contributed by atoms with Crippen LogP contribution in [0.2, 0.25) is 0 Å². The van der Waals surface area contributed by atoms with Gasteiger partial charge >= 0.3 is 0 Å². The smallest absolute Gasteiger partial charge is 0.0377 e. The van der Waals surface area contributed by atoms with Crippen molar-refractivity contribution < 1.29 is 0 Å². The van der Waals surface area contributed by atoms with Gasteiger partial charge in [-0.25, -0.2) is 0 Å². The summed E-state index contributed by atoms with van der Waals surface area (Å²) in [5.41, 5.74) is 8.81. The third-order valence-corrected chi connectivity index (χ3v) is 5.50. The van der Waals surface area contributed by atoms with Crippen LogP contribution in [0.4, 0.5) is 5.69 Å². The summed E-state index contributed by atoms with van der Waals surface area (Å²) in [5.74, 6) is 1.88. The number of anilines is 1. The van der Waals surface area contributed by atoms with Crippen molar-refractivity contribution in [3.63, 3.8) is 0 Å². The van der Waals surface area contributed by atoms with Crippen molar-refractivity contribution in [1.29, 1.82) is 0 Å². The second-order valence-electron chi connectivity index (χ2n) is 6.94. The number of hydrogen-bond donors (Lipinski definition) is 1. The predicted molar refractivity (Wildman–Crippen MR) is 93.8 cm³/mol. The van der Waals surface area contributed by atoms with Crippen LogP contribution in [-0.2, 0) is 6.42 Å². The molecular weight excluding hydrogens is 324 g/mol. The van der Waals surface area contributed by atoms with E-state index in [2.05, 4.69) is 46.0 Å². The number of nitrogens with zero attached hydrogens (tertiary/aromatic N) is 1. The van der Waals surface area contributed by atoms with E-state index in [1.165, 1.54) is 54.5 Å². The second-order valence-corrected chi connectivity index (χ2v) is 7.79. The number of nitrogens with two attached hydrogens (primary N) is 1. The molecule has 3 rings (SSSR count). The van der Waals surface area contributed by atoms with E-state index in [9.17, 15) is 0 Å². The van der Waals surface area contributed by atoms with Gasteiger partial charge in [0.2, 0.25) is 0 Å². The van der Waals surface area contributed by atoms with Gasteiger partial charge in [0.1, 0.15) is 0 Å². The molecule has 2 aliphatic carbocycles. The SMILES string of the molecule is CCC(N)Cc1ccc(N(CC2CC2)CC2CC2)cc1Br. The molecule has 0 bridgehead atoms. The summed E-state index contributed by atoms with van der Waals surface area (Å²) >= 11 is 3.75. The minimum Gasteiger partial charge on any atom is -0.371 e. The summed E-state index contributed by atoms with van der Waals surface area (Å²) in [4.78, 5) is 2.61. The van der Waals surface area contributed by atoms with Crippen molar-refractivity contribution in [1.82, 2.24) is 0 Å². The maximum absolute atomic E-state index is 6.09. The number of hydrogen-bond acceptors (Lipinski definition) is 2. The van der Waals surface area contributed by atoms with Gasteiger partial charge in [-0.2, -0.15) is 0 Å². The van der Waals surface area contributed by atoms with Gasteiger partial charge in [0.05, 0.1) is 0 Å². The molecule has 21 heavy (non-hydrogen) atoms. The number of halogens is 1. The van der Waals surface area contributed by atoms with Crippen LogP contribution in [0, 0.1) is 11.8 Å². The molecule has 0 saturated heterocycles. The zero-order valence-electron chi connectivity index (χ0n) is 13.0. The van der Waals surface area contributed by atoms with Crippen molar-refractivity contribution in [2.24, 2.45) is 17.6 Å². The zero-order valence-corrected chi connectivity index (χ0v) is 14.6. The van der Waals surface area contributed by atoms with Crippen LogP contribution in [0.15, 0.2) is 22.7 Å². The van der Waals surface area contributed by atoms with Crippen molar-refractivity contribution in [3.8, 4) is 0 Å². The first kappa shape index (κ1) is 15.4. The highest BCUT2D eigenvalue weighted by atomic mass is 79.9. The van der Waals surface area contributed by atoms with E-state index in [1.807, 2.05) is 0 Å². The molecule has 1 aromatic carbocycles. The summed E-state index contributed by atoms with van der Waals surface area (Å²) in [6, 6.07) is 7.14. The second kappa shape index (κ2) is 6.70. The molecule has 0 spiro atoms. The Morgan fingerprint density at radius 2 is 1.81 bits per heavy atom. The van der Waals surface area contributed by atoms with Gasteiger partial charge in [0.15, 0.2) is 0 Å². The Morgan fingerprint density at radius 3 is 2.29 bits per heavy atom. The highest BCUT2D eigenvalue weighted by Gasteiger charge is 2.29. The maximum Gasteiger partial charge on any atom is 0.0377 e. The van der Waals surface area contributed by atoms with Gasteiger partial charge in [-0.3, -0.25) is 0 Å². The number of rotatable bonds is 8. The van der Waals surface area contributed by atoms with Gasteiger partial charge in [0.25, 0.3) is 0 Å². The average molecular weight is 351 g/mol. The van der Waals surface area contributed by atoms with Gasteiger partial charge in [-0.15, -0.1) is 0 Å². The van der Waals surface area contributed by atoms with Gasteiger partial charge in [-0.1, -0.05) is 28.9 Å². The average Bonchev–Trinajstić information content (AvgIpc) is 3.35. The quantitative estimate of drug-likeness (QED) is 0.754. The van der Waals surface area contributed by atoms with Crippen LogP contribution in [0.3, 0.4) is 0 Å². The Balaban J connectivity index is 1.70. The van der Waals surface area contributed by atoms with Crippen LogP contribution >= 0.6 is 15.9 Å². The molecule has 1 aromatic rings. The molecule has 116 valence electrons. The lowest BCUT2D eigenvalue weighted by Gasteiger charge is -2.26. The van der Waals surface area contributed by atoms with Gasteiger partial charge < -0.3 is 10.6 Å². The summed E-state index contributed by atoms with van der Waals surface area (Å²) in [6.07, 6.45) is 7.68. The van der Waals surface area contributed by atoms with E-state index in [1.54, 1.807) is 0 Å². The molecule has 3 heteroatoms. The molecule has 2 aliphatic rings. The third kappa shape index (κ3) is 4.46. The summed E-state index contributed by atoms with van der Waals surface area (Å²) < 4.78 is 1.22. The molecule has 2 N–H and O–H groups in total. The van der Waals surface area contributed by atoms with Crippen molar-refractivity contribution in [3.05, 3.63) is 28.2 Å². The molecular formula is C18H27BrN2. The first-order valence-corrected chi connectivity index (χ1v) is 9.24. The Hall–Kier alpha value is -0.540. The summed E-state index contributed by atoms with van der Waals surface area (Å²) in [7, 11) is 0. The molecule has 0 aromatic heterocycles. The summed E-state index contributed by atoms with van der Waals surface area (Å²) in [6.45, 7) is 4.65. The van der Waals surface area contributed by atoms with Crippen LogP contribution in [-0.4, -0.2) is 19.1 Å². The third-order valence-electron chi connectivity index (χ3n) is 4.76. The van der Waals surface area contributed by atoms with E-state index in [-0.39, 0.29) is 6.04 Å². The standard InChI is InChI=1S/C18H27BrN2/c1-2-16(20)9-15-7-8-17(10-18(15)19)21(11-13-3-4-13)12-14-5-6-14/h7-8,10,13-14,16H,2-6,9,11-12,20H2,1H3. The Morgan fingerprint density at radius 1 is 1.19 bits per heavy atom. The van der Waals surface area contributed by atoms with Gasteiger partial charge in [-0.05, 0) is 68.1 Å². The molecule has 1 unspecified atom stereocenters. The maximum atomic E-state index is 6.09.